The van der Waals surface area contributed by atoms with Crippen LogP contribution in [0.25, 0.3) is 5.69 Å². The monoisotopic (exact) mass is 247 g/mol. The Morgan fingerprint density at radius 2 is 1.89 bits per heavy atom. The molecule has 0 radical (unpaired) electrons. The third-order valence-corrected chi connectivity index (χ3v) is 2.36. The maximum Gasteiger partial charge on any atom is 0.294 e. The van der Waals surface area contributed by atoms with Gasteiger partial charge in [-0.3, -0.25) is 4.79 Å². The summed E-state index contributed by atoms with van der Waals surface area (Å²) < 4.78 is 14.1. The molecule has 4 nitrogen and oxygen atoms in total. The molecule has 0 saturated carbocycles. The number of anilines is 1. The number of nitrogens with zero attached hydrogens (tertiary/aromatic N) is 2. The molecule has 0 aliphatic heterocycles. The lowest BCUT2D eigenvalue weighted by Crippen LogP contribution is -2.26. The lowest BCUT2D eigenvalue weighted by molar-refractivity contribution is 0.626. The van der Waals surface area contributed by atoms with E-state index < -0.39 is 0 Å². The van der Waals surface area contributed by atoms with Crippen LogP contribution in [0.5, 0.6) is 0 Å². The average Bonchev–Trinajstić information content (AvgIpc) is 2.33. The van der Waals surface area contributed by atoms with E-state index in [1.54, 1.807) is 6.07 Å². The first-order valence-corrected chi connectivity index (χ1v) is 5.69. The maximum atomic E-state index is 12.8. The third-order valence-electron chi connectivity index (χ3n) is 2.36. The van der Waals surface area contributed by atoms with Crippen molar-refractivity contribution < 1.29 is 4.39 Å². The molecule has 2 aromatic rings. The van der Waals surface area contributed by atoms with Crippen LogP contribution in [0.4, 0.5) is 10.1 Å². The molecule has 1 N–H and O–H groups in total. The topological polar surface area (TPSA) is 46.9 Å². The fraction of sp³-hybridized carbons (Fsp3) is 0.231. The van der Waals surface area contributed by atoms with Crippen LogP contribution in [0.1, 0.15) is 13.8 Å². The van der Waals surface area contributed by atoms with E-state index in [0.717, 1.165) is 0 Å². The van der Waals surface area contributed by atoms with Crippen molar-refractivity contribution in [3.63, 3.8) is 0 Å². The van der Waals surface area contributed by atoms with Crippen molar-refractivity contribution >= 4 is 5.69 Å². The molecule has 0 spiro atoms. The van der Waals surface area contributed by atoms with Crippen molar-refractivity contribution in [2.75, 3.05) is 5.32 Å². The molecule has 0 unspecified atom stereocenters. The van der Waals surface area contributed by atoms with Crippen LogP contribution in [0, 0.1) is 5.82 Å². The zero-order chi connectivity index (χ0) is 13.1. The summed E-state index contributed by atoms with van der Waals surface area (Å²) in [7, 11) is 0. The summed E-state index contributed by atoms with van der Waals surface area (Å²) in [4.78, 5) is 12.1. The molecule has 0 aliphatic carbocycles. The van der Waals surface area contributed by atoms with Gasteiger partial charge in [0.15, 0.2) is 0 Å². The SMILES string of the molecule is CC(C)Nc1ccnn(-c2ccc(F)cc2)c1=O. The van der Waals surface area contributed by atoms with E-state index >= 15 is 0 Å². The highest BCUT2D eigenvalue weighted by atomic mass is 19.1. The first kappa shape index (κ1) is 12.3. The molecule has 0 saturated heterocycles. The Kier molecular flexibility index (Phi) is 3.41. The molecular weight excluding hydrogens is 233 g/mol. The lowest BCUT2D eigenvalue weighted by atomic mass is 10.3. The molecule has 0 aliphatic rings. The van der Waals surface area contributed by atoms with E-state index in [1.807, 2.05) is 13.8 Å². The Hall–Kier alpha value is -2.17. The molecule has 0 fully saturated rings. The minimum absolute atomic E-state index is 0.154. The van der Waals surface area contributed by atoms with E-state index in [0.29, 0.717) is 11.4 Å². The summed E-state index contributed by atoms with van der Waals surface area (Å²) in [5, 5.41) is 7.03. The Labute approximate surface area is 104 Å². The first-order chi connectivity index (χ1) is 8.58. The quantitative estimate of drug-likeness (QED) is 0.904. The molecule has 5 heteroatoms. The standard InChI is InChI=1S/C13H14FN3O/c1-9(2)16-12-7-8-15-17(13(12)18)11-5-3-10(14)4-6-11/h3-9,16H,1-2H3. The van der Waals surface area contributed by atoms with Crippen LogP contribution in [0.2, 0.25) is 0 Å². The first-order valence-electron chi connectivity index (χ1n) is 5.69. The van der Waals surface area contributed by atoms with Gasteiger partial charge in [0.25, 0.3) is 5.56 Å². The van der Waals surface area contributed by atoms with Gasteiger partial charge in [0.1, 0.15) is 11.5 Å². The zero-order valence-corrected chi connectivity index (χ0v) is 10.2. The van der Waals surface area contributed by atoms with Crippen molar-refractivity contribution in [3.05, 3.63) is 52.7 Å². The van der Waals surface area contributed by atoms with Crippen LogP contribution in [-0.4, -0.2) is 15.8 Å². The van der Waals surface area contributed by atoms with Crippen molar-refractivity contribution in [2.24, 2.45) is 0 Å². The fourth-order valence-corrected chi connectivity index (χ4v) is 1.60. The van der Waals surface area contributed by atoms with Gasteiger partial charge in [-0.2, -0.15) is 9.78 Å². The number of halogens is 1. The van der Waals surface area contributed by atoms with E-state index in [2.05, 4.69) is 10.4 Å². The Bertz CT molecular complexity index is 590. The van der Waals surface area contributed by atoms with Crippen LogP contribution in [0.15, 0.2) is 41.3 Å². The molecule has 1 aromatic heterocycles. The third kappa shape index (κ3) is 2.56. The highest BCUT2D eigenvalue weighted by Gasteiger charge is 2.07. The van der Waals surface area contributed by atoms with Crippen LogP contribution in [0.3, 0.4) is 0 Å². The van der Waals surface area contributed by atoms with Crippen molar-refractivity contribution in [2.45, 2.75) is 19.9 Å². The van der Waals surface area contributed by atoms with E-state index in [-0.39, 0.29) is 17.4 Å². The second-order valence-corrected chi connectivity index (χ2v) is 4.24. The maximum absolute atomic E-state index is 12.8. The zero-order valence-electron chi connectivity index (χ0n) is 10.2. The molecule has 1 aromatic carbocycles. The molecule has 0 atom stereocenters. The second-order valence-electron chi connectivity index (χ2n) is 4.24. The highest BCUT2D eigenvalue weighted by Crippen LogP contribution is 2.07. The van der Waals surface area contributed by atoms with Gasteiger partial charge in [-0.15, -0.1) is 0 Å². The number of nitrogens with one attached hydrogen (secondary N) is 1. The summed E-state index contributed by atoms with van der Waals surface area (Å²) >= 11 is 0. The lowest BCUT2D eigenvalue weighted by Gasteiger charge is -2.11. The van der Waals surface area contributed by atoms with Gasteiger partial charge in [0.2, 0.25) is 0 Å². The summed E-state index contributed by atoms with van der Waals surface area (Å²) in [6.07, 6.45) is 1.54. The predicted octanol–water partition coefficient (Wildman–Crippen LogP) is 2.19. The summed E-state index contributed by atoms with van der Waals surface area (Å²) in [5.74, 6) is -0.344. The predicted molar refractivity (Wildman–Crippen MR) is 68.6 cm³/mol. The Morgan fingerprint density at radius 1 is 1.22 bits per heavy atom. The van der Waals surface area contributed by atoms with E-state index in [9.17, 15) is 9.18 Å². The van der Waals surface area contributed by atoms with Gasteiger partial charge in [-0.25, -0.2) is 4.39 Å². The normalized spacial score (nSPS) is 10.7. The highest BCUT2D eigenvalue weighted by molar-refractivity contribution is 5.43. The van der Waals surface area contributed by atoms with Gasteiger partial charge in [0, 0.05) is 6.04 Å². The van der Waals surface area contributed by atoms with Gasteiger partial charge < -0.3 is 5.32 Å². The molecule has 18 heavy (non-hydrogen) atoms. The van der Waals surface area contributed by atoms with Crippen molar-refractivity contribution in [1.29, 1.82) is 0 Å². The number of benzene rings is 1. The van der Waals surface area contributed by atoms with E-state index in [4.69, 9.17) is 0 Å². The number of hydrogen-bond acceptors (Lipinski definition) is 3. The Balaban J connectivity index is 2.46. The van der Waals surface area contributed by atoms with Gasteiger partial charge >= 0.3 is 0 Å². The molecular formula is C13H14FN3O. The molecule has 1 heterocycles. The van der Waals surface area contributed by atoms with E-state index in [1.165, 1.54) is 35.1 Å². The fourth-order valence-electron chi connectivity index (χ4n) is 1.60. The van der Waals surface area contributed by atoms with Crippen LogP contribution >= 0.6 is 0 Å². The van der Waals surface area contributed by atoms with Gasteiger partial charge in [0.05, 0.1) is 11.9 Å². The molecule has 0 amide bonds. The summed E-state index contributed by atoms with van der Waals surface area (Å²) in [5.41, 5.74) is 0.760. The minimum Gasteiger partial charge on any atom is -0.378 e. The number of rotatable bonds is 3. The van der Waals surface area contributed by atoms with Crippen molar-refractivity contribution in [1.82, 2.24) is 9.78 Å². The van der Waals surface area contributed by atoms with Gasteiger partial charge in [-0.1, -0.05) is 0 Å². The van der Waals surface area contributed by atoms with Crippen LogP contribution < -0.4 is 10.9 Å². The molecule has 0 bridgehead atoms. The average molecular weight is 247 g/mol. The van der Waals surface area contributed by atoms with Crippen molar-refractivity contribution in [3.8, 4) is 5.69 Å². The smallest absolute Gasteiger partial charge is 0.294 e. The van der Waals surface area contributed by atoms with Crippen LogP contribution in [-0.2, 0) is 0 Å². The second kappa shape index (κ2) is 5.00. The largest absolute Gasteiger partial charge is 0.378 e. The Morgan fingerprint density at radius 3 is 2.50 bits per heavy atom. The van der Waals surface area contributed by atoms with Gasteiger partial charge in [-0.05, 0) is 44.2 Å². The summed E-state index contributed by atoms with van der Waals surface area (Å²) in [6, 6.07) is 7.41. The molecule has 94 valence electrons. The minimum atomic E-state index is -0.344. The number of hydrogen-bond donors (Lipinski definition) is 1. The molecule has 2 rings (SSSR count). The number of aromatic nitrogens is 2. The summed E-state index contributed by atoms with van der Waals surface area (Å²) in [6.45, 7) is 3.89.